The van der Waals surface area contributed by atoms with Crippen LogP contribution in [0.3, 0.4) is 0 Å². The van der Waals surface area contributed by atoms with Gasteiger partial charge in [0.2, 0.25) is 0 Å². The molecule has 1 aliphatic rings. The number of hydrogen-bond donors (Lipinski definition) is 1. The van der Waals surface area contributed by atoms with Gasteiger partial charge in [-0.15, -0.1) is 0 Å². The van der Waals surface area contributed by atoms with E-state index in [0.29, 0.717) is 6.10 Å². The Kier molecular flexibility index (Phi) is 6.65. The summed E-state index contributed by atoms with van der Waals surface area (Å²) < 4.78 is 5.61. The van der Waals surface area contributed by atoms with E-state index in [-0.39, 0.29) is 0 Å². The molecule has 0 unspecified atom stereocenters. The van der Waals surface area contributed by atoms with E-state index in [4.69, 9.17) is 9.72 Å². The van der Waals surface area contributed by atoms with Crippen LogP contribution in [0, 0.1) is 0 Å². The van der Waals surface area contributed by atoms with E-state index in [1.165, 1.54) is 36.0 Å². The van der Waals surface area contributed by atoms with E-state index in [2.05, 4.69) is 54.4 Å². The first kappa shape index (κ1) is 18.2. The van der Waals surface area contributed by atoms with Crippen LogP contribution in [0.25, 0.3) is 10.9 Å². The van der Waals surface area contributed by atoms with Crippen molar-refractivity contribution in [1.29, 1.82) is 0 Å². The number of pyridine rings is 1. The van der Waals surface area contributed by atoms with Crippen LogP contribution in [-0.4, -0.2) is 37.3 Å². The SMILES string of the molecule is CC(C)OCCCNCc1cc2ccccc2nc1N1CCCCC1. The number of nitrogens with zero attached hydrogens (tertiary/aromatic N) is 2. The van der Waals surface area contributed by atoms with Crippen molar-refractivity contribution in [2.75, 3.05) is 31.1 Å². The van der Waals surface area contributed by atoms with Gasteiger partial charge in [-0.05, 0) is 58.2 Å². The summed E-state index contributed by atoms with van der Waals surface area (Å²) in [6.07, 6.45) is 5.24. The molecule has 0 spiro atoms. The second kappa shape index (κ2) is 9.16. The molecule has 0 bridgehead atoms. The van der Waals surface area contributed by atoms with Gasteiger partial charge in [0.25, 0.3) is 0 Å². The summed E-state index contributed by atoms with van der Waals surface area (Å²) >= 11 is 0. The van der Waals surface area contributed by atoms with Crippen LogP contribution >= 0.6 is 0 Å². The molecule has 1 aromatic heterocycles. The van der Waals surface area contributed by atoms with Crippen LogP contribution in [0.15, 0.2) is 30.3 Å². The van der Waals surface area contributed by atoms with Crippen LogP contribution in [0.4, 0.5) is 5.82 Å². The number of benzene rings is 1. The highest BCUT2D eigenvalue weighted by atomic mass is 16.5. The summed E-state index contributed by atoms with van der Waals surface area (Å²) in [7, 11) is 0. The van der Waals surface area contributed by atoms with Gasteiger partial charge < -0.3 is 15.0 Å². The molecular weight excluding hydrogens is 310 g/mol. The van der Waals surface area contributed by atoms with Crippen LogP contribution in [0.1, 0.15) is 45.1 Å². The molecule has 4 nitrogen and oxygen atoms in total. The molecule has 0 saturated carbocycles. The Labute approximate surface area is 151 Å². The molecule has 1 fully saturated rings. The molecule has 2 heterocycles. The van der Waals surface area contributed by atoms with Gasteiger partial charge in [-0.2, -0.15) is 0 Å². The molecule has 136 valence electrons. The molecule has 1 saturated heterocycles. The van der Waals surface area contributed by atoms with Gasteiger partial charge in [-0.3, -0.25) is 0 Å². The van der Waals surface area contributed by atoms with E-state index < -0.39 is 0 Å². The lowest BCUT2D eigenvalue weighted by molar-refractivity contribution is 0.0770. The van der Waals surface area contributed by atoms with E-state index in [9.17, 15) is 0 Å². The smallest absolute Gasteiger partial charge is 0.133 e. The Morgan fingerprint density at radius 2 is 1.96 bits per heavy atom. The molecule has 0 atom stereocenters. The Morgan fingerprint density at radius 3 is 2.76 bits per heavy atom. The molecule has 4 heteroatoms. The molecule has 1 aromatic carbocycles. The molecule has 0 amide bonds. The van der Waals surface area contributed by atoms with Gasteiger partial charge >= 0.3 is 0 Å². The normalized spacial score (nSPS) is 15.2. The molecule has 0 radical (unpaired) electrons. The summed E-state index contributed by atoms with van der Waals surface area (Å²) in [5.41, 5.74) is 2.41. The highest BCUT2D eigenvalue weighted by molar-refractivity contribution is 5.81. The van der Waals surface area contributed by atoms with E-state index in [1.54, 1.807) is 0 Å². The van der Waals surface area contributed by atoms with Crippen molar-refractivity contribution in [3.8, 4) is 0 Å². The fraction of sp³-hybridized carbons (Fsp3) is 0.571. The molecule has 25 heavy (non-hydrogen) atoms. The summed E-state index contributed by atoms with van der Waals surface area (Å²) in [6, 6.07) is 10.7. The Bertz CT molecular complexity index is 665. The van der Waals surface area contributed by atoms with Crippen molar-refractivity contribution in [1.82, 2.24) is 10.3 Å². The van der Waals surface area contributed by atoms with Crippen molar-refractivity contribution < 1.29 is 4.74 Å². The second-order valence-corrected chi connectivity index (χ2v) is 7.16. The van der Waals surface area contributed by atoms with Crippen LogP contribution in [0.2, 0.25) is 0 Å². The molecule has 2 aromatic rings. The number of ether oxygens (including phenoxy) is 1. The third-order valence-corrected chi connectivity index (χ3v) is 4.70. The predicted molar refractivity (Wildman–Crippen MR) is 105 cm³/mol. The van der Waals surface area contributed by atoms with Gasteiger partial charge in [0, 0.05) is 37.2 Å². The quantitative estimate of drug-likeness (QED) is 0.733. The highest BCUT2D eigenvalue weighted by Crippen LogP contribution is 2.26. The largest absolute Gasteiger partial charge is 0.379 e. The van der Waals surface area contributed by atoms with Crippen molar-refractivity contribution in [2.24, 2.45) is 0 Å². The third-order valence-electron chi connectivity index (χ3n) is 4.70. The number of fused-ring (bicyclic) bond motifs is 1. The number of nitrogens with one attached hydrogen (secondary N) is 1. The summed E-state index contributed by atoms with van der Waals surface area (Å²) in [6.45, 7) is 9.07. The van der Waals surface area contributed by atoms with Crippen LogP contribution in [0.5, 0.6) is 0 Å². The first-order chi connectivity index (χ1) is 12.2. The first-order valence-corrected chi connectivity index (χ1v) is 9.70. The lowest BCUT2D eigenvalue weighted by Crippen LogP contribution is -2.32. The fourth-order valence-electron chi connectivity index (χ4n) is 3.40. The first-order valence-electron chi connectivity index (χ1n) is 9.70. The number of anilines is 1. The van der Waals surface area contributed by atoms with Crippen molar-refractivity contribution in [2.45, 2.75) is 52.2 Å². The number of piperidine rings is 1. The zero-order chi connectivity index (χ0) is 17.5. The maximum absolute atomic E-state index is 5.61. The van der Waals surface area contributed by atoms with E-state index in [1.807, 2.05) is 0 Å². The standard InChI is InChI=1S/C21H31N3O/c1-17(2)25-14-8-11-22-16-19-15-18-9-4-5-10-20(18)23-21(19)24-12-6-3-7-13-24/h4-5,9-10,15,17,22H,3,6-8,11-14,16H2,1-2H3. The average Bonchev–Trinajstić information content (AvgIpc) is 2.64. The lowest BCUT2D eigenvalue weighted by Gasteiger charge is -2.30. The van der Waals surface area contributed by atoms with Gasteiger partial charge in [-0.25, -0.2) is 4.98 Å². The Balaban J connectivity index is 1.68. The average molecular weight is 341 g/mol. The van der Waals surface area contributed by atoms with Crippen molar-refractivity contribution in [3.63, 3.8) is 0 Å². The third kappa shape index (κ3) is 5.16. The second-order valence-electron chi connectivity index (χ2n) is 7.16. The van der Waals surface area contributed by atoms with Crippen molar-refractivity contribution >= 4 is 16.7 Å². The Hall–Kier alpha value is -1.65. The van der Waals surface area contributed by atoms with Gasteiger partial charge in [0.15, 0.2) is 0 Å². The number of aromatic nitrogens is 1. The predicted octanol–water partition coefficient (Wildman–Crippen LogP) is 4.13. The maximum Gasteiger partial charge on any atom is 0.133 e. The number of hydrogen-bond acceptors (Lipinski definition) is 4. The molecule has 0 aliphatic carbocycles. The highest BCUT2D eigenvalue weighted by Gasteiger charge is 2.16. The minimum atomic E-state index is 0.315. The number of para-hydroxylation sites is 1. The summed E-state index contributed by atoms with van der Waals surface area (Å²) in [5, 5.41) is 4.80. The minimum Gasteiger partial charge on any atom is -0.379 e. The van der Waals surface area contributed by atoms with E-state index in [0.717, 1.165) is 44.7 Å². The fourth-order valence-corrected chi connectivity index (χ4v) is 3.40. The minimum absolute atomic E-state index is 0.315. The lowest BCUT2D eigenvalue weighted by atomic mass is 10.1. The van der Waals surface area contributed by atoms with Gasteiger partial charge in [0.1, 0.15) is 5.82 Å². The Morgan fingerprint density at radius 1 is 1.16 bits per heavy atom. The number of rotatable bonds is 8. The van der Waals surface area contributed by atoms with Crippen LogP contribution < -0.4 is 10.2 Å². The summed E-state index contributed by atoms with van der Waals surface area (Å²) in [4.78, 5) is 7.47. The van der Waals surface area contributed by atoms with Gasteiger partial charge in [0.05, 0.1) is 11.6 Å². The summed E-state index contributed by atoms with van der Waals surface area (Å²) in [5.74, 6) is 1.17. The zero-order valence-electron chi connectivity index (χ0n) is 15.6. The molecule has 3 rings (SSSR count). The van der Waals surface area contributed by atoms with E-state index >= 15 is 0 Å². The van der Waals surface area contributed by atoms with Crippen molar-refractivity contribution in [3.05, 3.63) is 35.9 Å². The monoisotopic (exact) mass is 341 g/mol. The molecule has 1 aliphatic heterocycles. The zero-order valence-corrected chi connectivity index (χ0v) is 15.6. The van der Waals surface area contributed by atoms with Crippen LogP contribution in [-0.2, 0) is 11.3 Å². The molecular formula is C21H31N3O. The maximum atomic E-state index is 5.61. The van der Waals surface area contributed by atoms with Gasteiger partial charge in [-0.1, -0.05) is 18.2 Å². The molecule has 1 N–H and O–H groups in total. The topological polar surface area (TPSA) is 37.4 Å².